The Labute approximate surface area is 146 Å². The molecule has 5 heteroatoms. The molecule has 0 spiro atoms. The average molecular weight is 339 g/mol. The van der Waals surface area contributed by atoms with Gasteiger partial charge in [0.25, 0.3) is 5.97 Å². The van der Waals surface area contributed by atoms with Gasteiger partial charge in [-0.3, -0.25) is 9.59 Å². The van der Waals surface area contributed by atoms with E-state index in [0.29, 0.717) is 19.4 Å². The van der Waals surface area contributed by atoms with Crippen molar-refractivity contribution in [2.24, 2.45) is 5.73 Å². The topological polar surface area (TPSA) is 89.6 Å². The monoisotopic (exact) mass is 339 g/mol. The maximum Gasteiger partial charge on any atom is 0.306 e. The third kappa shape index (κ3) is 13.8. The van der Waals surface area contributed by atoms with Crippen molar-refractivity contribution in [3.63, 3.8) is 0 Å². The second kappa shape index (κ2) is 12.5. The smallest absolute Gasteiger partial charge is 0.306 e. The second-order valence-corrected chi connectivity index (χ2v) is 6.08. The first-order valence-corrected chi connectivity index (χ1v) is 8.25. The lowest BCUT2D eigenvalue weighted by atomic mass is 10.0. The van der Waals surface area contributed by atoms with Crippen molar-refractivity contribution in [3.8, 4) is 0 Å². The maximum atomic E-state index is 11.6. The molecule has 5 nitrogen and oxygen atoms in total. The summed E-state index contributed by atoms with van der Waals surface area (Å²) in [6, 6.07) is 6.16. The minimum Gasteiger partial charge on any atom is -0.481 e. The summed E-state index contributed by atoms with van der Waals surface area (Å²) in [5.74, 6) is -0.994. The van der Waals surface area contributed by atoms with Crippen molar-refractivity contribution in [1.29, 1.82) is 0 Å². The van der Waals surface area contributed by atoms with Crippen LogP contribution in [0.3, 0.4) is 0 Å². The highest BCUT2D eigenvalue weighted by Crippen LogP contribution is 2.15. The molecule has 0 unspecified atom stereocenters. The number of carbonyl (C=O) groups excluding carboxylic acids is 1. The molecule has 1 rings (SSSR count). The number of carboxylic acids is 1. The van der Waals surface area contributed by atoms with Crippen LogP contribution in [0.1, 0.15) is 64.7 Å². The molecule has 1 aromatic carbocycles. The molecule has 0 aromatic heterocycles. The van der Waals surface area contributed by atoms with E-state index >= 15 is 0 Å². The van der Waals surface area contributed by atoms with Gasteiger partial charge < -0.3 is 15.6 Å². The summed E-state index contributed by atoms with van der Waals surface area (Å²) >= 11 is 0. The minimum absolute atomic E-state index is 0.161. The summed E-state index contributed by atoms with van der Waals surface area (Å²) in [7, 11) is 0. The van der Waals surface area contributed by atoms with Crippen molar-refractivity contribution < 1.29 is 19.4 Å². The number of hydrogen-bond acceptors (Lipinski definition) is 4. The number of carboxylic acid groups (broad SMARTS) is 1. The molecule has 0 aliphatic carbocycles. The van der Waals surface area contributed by atoms with Gasteiger partial charge in [-0.25, -0.2) is 0 Å². The van der Waals surface area contributed by atoms with Crippen LogP contribution in [-0.2, 0) is 27.3 Å². The van der Waals surface area contributed by atoms with Crippen LogP contribution < -0.4 is 5.73 Å². The summed E-state index contributed by atoms with van der Waals surface area (Å²) in [6.07, 6.45) is 1.08. The van der Waals surface area contributed by atoms with Crippen molar-refractivity contribution in [2.75, 3.05) is 0 Å². The predicted octanol–water partition coefficient (Wildman–Crippen LogP) is 3.85. The van der Waals surface area contributed by atoms with Crippen molar-refractivity contribution in [2.45, 2.75) is 73.5 Å². The van der Waals surface area contributed by atoms with Crippen molar-refractivity contribution in [3.05, 3.63) is 34.9 Å². The molecule has 138 valence electrons. The van der Waals surface area contributed by atoms with Gasteiger partial charge in [-0.05, 0) is 45.2 Å². The van der Waals surface area contributed by atoms with E-state index in [1.807, 2.05) is 53.7 Å². The van der Waals surface area contributed by atoms with Gasteiger partial charge in [-0.15, -0.1) is 0 Å². The zero-order chi connectivity index (χ0) is 19.3. The predicted molar refractivity (Wildman–Crippen MR) is 97.9 cm³/mol. The lowest BCUT2D eigenvalue weighted by Gasteiger charge is -2.19. The van der Waals surface area contributed by atoms with Gasteiger partial charge in [0.2, 0.25) is 0 Å². The molecule has 0 bridgehead atoms. The van der Waals surface area contributed by atoms with E-state index in [9.17, 15) is 4.79 Å². The average Bonchev–Trinajstić information content (AvgIpc) is 2.45. The molecule has 0 heterocycles. The number of rotatable bonds is 4. The largest absolute Gasteiger partial charge is 0.481 e. The number of carbonyl (C=O) groups is 2. The van der Waals surface area contributed by atoms with Crippen LogP contribution in [0.15, 0.2) is 18.2 Å². The van der Waals surface area contributed by atoms with Gasteiger partial charge in [0.05, 0.1) is 0 Å². The van der Waals surface area contributed by atoms with E-state index in [0.717, 1.165) is 18.1 Å². The molecule has 0 radical (unpaired) electrons. The first-order valence-electron chi connectivity index (χ1n) is 8.25. The van der Waals surface area contributed by atoms with Gasteiger partial charge in [0.15, 0.2) is 0 Å². The lowest BCUT2D eigenvalue weighted by Crippen LogP contribution is -2.24. The zero-order valence-corrected chi connectivity index (χ0v) is 16.1. The van der Waals surface area contributed by atoms with Gasteiger partial charge in [-0.2, -0.15) is 0 Å². The number of esters is 1. The molecule has 1 aromatic rings. The molecule has 0 atom stereocenters. The van der Waals surface area contributed by atoms with Crippen LogP contribution in [0.5, 0.6) is 0 Å². The highest BCUT2D eigenvalue weighted by atomic mass is 16.6. The van der Waals surface area contributed by atoms with Gasteiger partial charge >= 0.3 is 5.97 Å². The first-order chi connectivity index (χ1) is 11.0. The van der Waals surface area contributed by atoms with Gasteiger partial charge in [0, 0.05) is 19.9 Å². The Kier molecular flexibility index (Phi) is 12.7. The summed E-state index contributed by atoms with van der Waals surface area (Å²) in [5.41, 5.74) is 8.73. The third-order valence-electron chi connectivity index (χ3n) is 2.60. The molecule has 3 N–H and O–H groups in total. The number of nitrogens with two attached hydrogens (primary N) is 1. The van der Waals surface area contributed by atoms with Gasteiger partial charge in [0.1, 0.15) is 5.60 Å². The number of hydrogen-bond donors (Lipinski definition) is 2. The van der Waals surface area contributed by atoms with E-state index in [4.69, 9.17) is 20.4 Å². The van der Waals surface area contributed by atoms with Crippen LogP contribution in [0, 0.1) is 6.92 Å². The summed E-state index contributed by atoms with van der Waals surface area (Å²) in [5, 5.41) is 7.42. The van der Waals surface area contributed by atoms with Gasteiger partial charge in [-0.1, -0.05) is 37.6 Å². The SMILES string of the molecule is CC.CC(=O)O.Cc1ccc(CCC(=O)OC(C)(C)C)c(CN)c1. The second-order valence-electron chi connectivity index (χ2n) is 6.08. The minimum atomic E-state index is -0.833. The quantitative estimate of drug-likeness (QED) is 0.813. The number of benzene rings is 1. The third-order valence-corrected chi connectivity index (χ3v) is 2.60. The Hall–Kier alpha value is -1.88. The summed E-state index contributed by atoms with van der Waals surface area (Å²) in [4.78, 5) is 20.6. The van der Waals surface area contributed by atoms with E-state index in [-0.39, 0.29) is 5.97 Å². The van der Waals surface area contributed by atoms with E-state index in [1.165, 1.54) is 5.56 Å². The molecular weight excluding hydrogens is 306 g/mol. The Morgan fingerprint density at radius 1 is 1.17 bits per heavy atom. The fraction of sp³-hybridized carbons (Fsp3) is 0.579. The van der Waals surface area contributed by atoms with E-state index in [1.54, 1.807) is 0 Å². The fourth-order valence-electron chi connectivity index (χ4n) is 1.82. The standard InChI is InChI=1S/C15H23NO2.C2H4O2.C2H6/c1-11-5-6-12(13(9-11)10-16)7-8-14(17)18-15(2,3)4;1-2(3)4;1-2/h5-6,9H,7-8,10,16H2,1-4H3;1H3,(H,3,4);1-2H3. The van der Waals surface area contributed by atoms with Crippen LogP contribution in [0.4, 0.5) is 0 Å². The molecule has 0 aliphatic heterocycles. The Bertz CT molecular complexity index is 501. The molecular formula is C19H33NO4. The van der Waals surface area contributed by atoms with Crippen molar-refractivity contribution >= 4 is 11.9 Å². The highest BCUT2D eigenvalue weighted by molar-refractivity contribution is 5.70. The van der Waals surface area contributed by atoms with E-state index < -0.39 is 11.6 Å². The molecule has 0 saturated carbocycles. The van der Waals surface area contributed by atoms with Crippen LogP contribution in [0.25, 0.3) is 0 Å². The summed E-state index contributed by atoms with van der Waals surface area (Å²) in [6.45, 7) is 13.3. The number of ether oxygens (including phenoxy) is 1. The zero-order valence-electron chi connectivity index (χ0n) is 16.1. The fourth-order valence-corrected chi connectivity index (χ4v) is 1.82. The lowest BCUT2D eigenvalue weighted by molar-refractivity contribution is -0.154. The molecule has 0 amide bonds. The highest BCUT2D eigenvalue weighted by Gasteiger charge is 2.16. The normalized spacial score (nSPS) is 9.83. The maximum absolute atomic E-state index is 11.6. The van der Waals surface area contributed by atoms with Crippen LogP contribution >= 0.6 is 0 Å². The van der Waals surface area contributed by atoms with E-state index in [2.05, 4.69) is 6.07 Å². The van der Waals surface area contributed by atoms with Crippen molar-refractivity contribution in [1.82, 2.24) is 0 Å². The molecule has 0 saturated heterocycles. The number of aryl methyl sites for hydroxylation is 2. The molecule has 0 aliphatic rings. The summed E-state index contributed by atoms with van der Waals surface area (Å²) < 4.78 is 5.29. The first kappa shape index (κ1) is 24.4. The Balaban J connectivity index is 0. The Morgan fingerprint density at radius 2 is 1.67 bits per heavy atom. The Morgan fingerprint density at radius 3 is 2.08 bits per heavy atom. The molecule has 0 fully saturated rings. The van der Waals surface area contributed by atoms with Crippen LogP contribution in [-0.4, -0.2) is 22.6 Å². The van der Waals surface area contributed by atoms with Crippen LogP contribution in [0.2, 0.25) is 0 Å². The molecule has 24 heavy (non-hydrogen) atoms. The number of aliphatic carboxylic acids is 1.